The summed E-state index contributed by atoms with van der Waals surface area (Å²) < 4.78 is 0.661. The number of carbonyl (C=O) groups is 2. The molecule has 4 rings (SSSR count). The van der Waals surface area contributed by atoms with E-state index in [1.807, 2.05) is 0 Å². The van der Waals surface area contributed by atoms with E-state index in [1.165, 1.54) is 16.2 Å². The minimum atomic E-state index is -1.66. The number of hydrogen-bond acceptors (Lipinski definition) is 7. The molecule has 0 saturated carbocycles. The third-order valence-electron chi connectivity index (χ3n) is 4.59. The summed E-state index contributed by atoms with van der Waals surface area (Å²) in [6.45, 7) is 0.464. The number of likely N-dealkylation sites (N-methyl/N-ethyl adjacent to an activating group) is 1. The number of nitrogens with zero attached hydrogens (tertiary/aromatic N) is 3. The van der Waals surface area contributed by atoms with Gasteiger partial charge in [0, 0.05) is 38.3 Å². The van der Waals surface area contributed by atoms with E-state index in [2.05, 4.69) is 37.7 Å². The molecule has 4 N–H and O–H groups in total. The van der Waals surface area contributed by atoms with Gasteiger partial charge in [0.15, 0.2) is 10.8 Å². The van der Waals surface area contributed by atoms with Crippen molar-refractivity contribution in [2.45, 2.75) is 12.0 Å². The van der Waals surface area contributed by atoms with E-state index in [1.54, 1.807) is 38.4 Å². The maximum absolute atomic E-state index is 12.6. The number of rotatable bonds is 3. The average molecular weight is 410 g/mol. The summed E-state index contributed by atoms with van der Waals surface area (Å²) in [5.74, 6) is 4.75. The standard InChI is InChI=1S/C19H18N6O3S/c1-20-18-22-15-14(29-18)13(23-24-15)16(26)21-12-5-3-4-11(10-12)6-7-19(28)8-9-25(2)17(19)27/h3-5,10,28H,8-9H2,1-2H3,(H,21,26)(H2,20,22,23,24)/t19-/m0/s1. The van der Waals surface area contributed by atoms with Crippen LogP contribution >= 0.6 is 11.3 Å². The van der Waals surface area contributed by atoms with Crippen LogP contribution in [0.1, 0.15) is 22.5 Å². The van der Waals surface area contributed by atoms with Gasteiger partial charge in [0.25, 0.3) is 11.8 Å². The molecular weight excluding hydrogens is 392 g/mol. The fraction of sp³-hybridized carbons (Fsp3) is 0.263. The highest BCUT2D eigenvalue weighted by atomic mass is 32.1. The molecule has 3 aromatic rings. The first kappa shape index (κ1) is 18.9. The SMILES string of the molecule is CNc1nc2n[nH]c(C(=O)Nc3cccc(C#C[C@]4(O)CCN(C)C4=O)c3)c2s1. The topological polar surface area (TPSA) is 123 Å². The van der Waals surface area contributed by atoms with Gasteiger partial charge in [-0.2, -0.15) is 10.1 Å². The zero-order valence-electron chi connectivity index (χ0n) is 15.7. The van der Waals surface area contributed by atoms with Gasteiger partial charge >= 0.3 is 0 Å². The van der Waals surface area contributed by atoms with Crippen LogP contribution in [0.4, 0.5) is 10.8 Å². The first-order valence-corrected chi connectivity index (χ1v) is 9.66. The number of thiazole rings is 1. The lowest BCUT2D eigenvalue weighted by Gasteiger charge is -2.13. The van der Waals surface area contributed by atoms with Crippen LogP contribution < -0.4 is 10.6 Å². The van der Waals surface area contributed by atoms with E-state index in [0.29, 0.717) is 39.0 Å². The number of hydrogen-bond donors (Lipinski definition) is 4. The Morgan fingerprint density at radius 2 is 2.28 bits per heavy atom. The van der Waals surface area contributed by atoms with Crippen molar-refractivity contribution >= 4 is 44.3 Å². The lowest BCUT2D eigenvalue weighted by molar-refractivity contribution is -0.137. The zero-order chi connectivity index (χ0) is 20.6. The molecule has 1 aliphatic rings. The van der Waals surface area contributed by atoms with Crippen molar-refractivity contribution in [2.75, 3.05) is 31.3 Å². The van der Waals surface area contributed by atoms with Gasteiger partial charge in [-0.25, -0.2) is 0 Å². The Morgan fingerprint density at radius 3 is 3.00 bits per heavy atom. The van der Waals surface area contributed by atoms with Crippen molar-refractivity contribution < 1.29 is 14.7 Å². The summed E-state index contributed by atoms with van der Waals surface area (Å²) in [6.07, 6.45) is 0.269. The largest absolute Gasteiger partial charge is 0.369 e. The summed E-state index contributed by atoms with van der Waals surface area (Å²) >= 11 is 1.33. The van der Waals surface area contributed by atoms with Gasteiger partial charge in [-0.1, -0.05) is 29.2 Å². The van der Waals surface area contributed by atoms with Crippen LogP contribution in [-0.2, 0) is 4.79 Å². The van der Waals surface area contributed by atoms with Crippen LogP contribution in [0.25, 0.3) is 10.3 Å². The van der Waals surface area contributed by atoms with E-state index >= 15 is 0 Å². The number of H-pyrrole nitrogens is 1. The molecule has 0 spiro atoms. The maximum atomic E-state index is 12.6. The molecule has 1 atom stereocenters. The van der Waals surface area contributed by atoms with Crippen molar-refractivity contribution in [1.82, 2.24) is 20.1 Å². The lowest BCUT2D eigenvalue weighted by Crippen LogP contribution is -2.37. The van der Waals surface area contributed by atoms with Crippen molar-refractivity contribution in [3.63, 3.8) is 0 Å². The molecule has 1 aliphatic heterocycles. The highest BCUT2D eigenvalue weighted by Crippen LogP contribution is 2.27. The van der Waals surface area contributed by atoms with Crippen LogP contribution in [0.5, 0.6) is 0 Å². The molecule has 0 radical (unpaired) electrons. The predicted octanol–water partition coefficient (Wildman–Crippen LogP) is 1.26. The molecule has 1 saturated heterocycles. The third kappa shape index (κ3) is 3.53. The molecule has 9 nitrogen and oxygen atoms in total. The maximum Gasteiger partial charge on any atom is 0.275 e. The molecular formula is C19H18N6O3S. The van der Waals surface area contributed by atoms with Crippen LogP contribution in [0.2, 0.25) is 0 Å². The number of aromatic amines is 1. The second kappa shape index (κ2) is 7.20. The molecule has 148 valence electrons. The smallest absolute Gasteiger partial charge is 0.275 e. The normalized spacial score (nSPS) is 18.6. The minimum Gasteiger partial charge on any atom is -0.369 e. The Bertz CT molecular complexity index is 1170. The number of amides is 2. The van der Waals surface area contributed by atoms with Gasteiger partial charge in [-0.15, -0.1) is 0 Å². The highest BCUT2D eigenvalue weighted by molar-refractivity contribution is 7.22. The molecule has 10 heteroatoms. The molecule has 29 heavy (non-hydrogen) atoms. The van der Waals surface area contributed by atoms with Gasteiger partial charge in [0.05, 0.1) is 0 Å². The van der Waals surface area contributed by atoms with Crippen LogP contribution in [-0.4, -0.2) is 63.2 Å². The fourth-order valence-corrected chi connectivity index (χ4v) is 3.84. The number of fused-ring (bicyclic) bond motifs is 1. The summed E-state index contributed by atoms with van der Waals surface area (Å²) in [5.41, 5.74) is 0.244. The summed E-state index contributed by atoms with van der Waals surface area (Å²) in [7, 11) is 3.38. The first-order chi connectivity index (χ1) is 13.9. The fourth-order valence-electron chi connectivity index (χ4n) is 2.98. The lowest BCUT2D eigenvalue weighted by atomic mass is 10.0. The van der Waals surface area contributed by atoms with Gasteiger partial charge < -0.3 is 20.6 Å². The molecule has 2 amide bonds. The third-order valence-corrected chi connectivity index (χ3v) is 5.67. The Hall–Kier alpha value is -3.42. The molecule has 0 aliphatic carbocycles. The quantitative estimate of drug-likeness (QED) is 0.482. The summed E-state index contributed by atoms with van der Waals surface area (Å²) in [5, 5.41) is 23.6. The summed E-state index contributed by atoms with van der Waals surface area (Å²) in [6, 6.07) is 6.88. The molecule has 3 heterocycles. The van der Waals surface area contributed by atoms with Gasteiger partial charge in [-0.3, -0.25) is 14.7 Å². The Kier molecular flexibility index (Phi) is 4.70. The van der Waals surface area contributed by atoms with Crippen molar-refractivity contribution in [1.29, 1.82) is 0 Å². The van der Waals surface area contributed by atoms with Gasteiger partial charge in [0.2, 0.25) is 5.60 Å². The Balaban J connectivity index is 1.53. The predicted molar refractivity (Wildman–Crippen MR) is 110 cm³/mol. The monoisotopic (exact) mass is 410 g/mol. The number of carbonyl (C=O) groups excluding carboxylic acids is 2. The molecule has 1 fully saturated rings. The second-order valence-corrected chi connectivity index (χ2v) is 7.64. The highest BCUT2D eigenvalue weighted by Gasteiger charge is 2.42. The zero-order valence-corrected chi connectivity index (χ0v) is 16.6. The Morgan fingerprint density at radius 1 is 1.45 bits per heavy atom. The van der Waals surface area contributed by atoms with E-state index in [4.69, 9.17) is 0 Å². The average Bonchev–Trinajstić information content (AvgIpc) is 3.36. The van der Waals surface area contributed by atoms with E-state index in [0.717, 1.165) is 0 Å². The minimum absolute atomic E-state index is 0.269. The molecule has 0 bridgehead atoms. The van der Waals surface area contributed by atoms with E-state index < -0.39 is 11.5 Å². The number of aromatic nitrogens is 3. The second-order valence-electron chi connectivity index (χ2n) is 6.64. The van der Waals surface area contributed by atoms with Crippen LogP contribution in [0, 0.1) is 11.8 Å². The van der Waals surface area contributed by atoms with Crippen molar-refractivity contribution in [3.8, 4) is 11.8 Å². The molecule has 0 unspecified atom stereocenters. The van der Waals surface area contributed by atoms with Crippen LogP contribution in [0.15, 0.2) is 24.3 Å². The Labute approximate surface area is 170 Å². The van der Waals surface area contributed by atoms with Gasteiger partial charge in [-0.05, 0) is 18.2 Å². The first-order valence-electron chi connectivity index (χ1n) is 8.85. The number of nitrogens with one attached hydrogen (secondary N) is 3. The molecule has 2 aromatic heterocycles. The number of anilines is 2. The number of likely N-dealkylation sites (tertiary alicyclic amines) is 1. The number of aliphatic hydroxyl groups is 1. The van der Waals surface area contributed by atoms with Crippen LogP contribution in [0.3, 0.4) is 0 Å². The van der Waals surface area contributed by atoms with E-state index in [-0.39, 0.29) is 12.3 Å². The van der Waals surface area contributed by atoms with Crippen molar-refractivity contribution in [2.24, 2.45) is 0 Å². The van der Waals surface area contributed by atoms with Crippen molar-refractivity contribution in [3.05, 3.63) is 35.5 Å². The van der Waals surface area contributed by atoms with Gasteiger partial charge in [0.1, 0.15) is 10.4 Å². The molecule has 1 aromatic carbocycles. The van der Waals surface area contributed by atoms with E-state index in [9.17, 15) is 14.7 Å². The summed E-state index contributed by atoms with van der Waals surface area (Å²) in [4.78, 5) is 30.4. The number of benzene rings is 1.